The van der Waals surface area contributed by atoms with Crippen LogP contribution in [0.2, 0.25) is 0 Å². The molecule has 0 amide bonds. The molecule has 0 aromatic heterocycles. The fourth-order valence-corrected chi connectivity index (χ4v) is 1.82. The van der Waals surface area contributed by atoms with E-state index in [0.717, 1.165) is 11.3 Å². The van der Waals surface area contributed by atoms with Crippen molar-refractivity contribution in [2.45, 2.75) is 6.92 Å². The molecule has 0 bridgehead atoms. The number of aryl methyl sites for hydroxylation is 1. The minimum Gasteiger partial charge on any atom is -0.478 e. The Labute approximate surface area is 102 Å². The highest BCUT2D eigenvalue weighted by molar-refractivity contribution is 5.95. The van der Waals surface area contributed by atoms with Crippen molar-refractivity contribution in [1.29, 1.82) is 0 Å². The van der Waals surface area contributed by atoms with Crippen LogP contribution in [0.4, 0.5) is 5.69 Å². The molecule has 3 nitrogen and oxygen atoms in total. The van der Waals surface area contributed by atoms with Crippen molar-refractivity contribution >= 4 is 11.7 Å². The molecule has 1 aromatic rings. The second-order valence-corrected chi connectivity index (χ2v) is 3.76. The highest BCUT2D eigenvalue weighted by Crippen LogP contribution is 2.25. The van der Waals surface area contributed by atoms with Crippen molar-refractivity contribution in [3.05, 3.63) is 54.6 Å². The van der Waals surface area contributed by atoms with E-state index in [1.165, 1.54) is 0 Å². The van der Waals surface area contributed by atoms with Gasteiger partial charge in [0, 0.05) is 13.1 Å². The first-order chi connectivity index (χ1) is 8.11. The molecular weight excluding hydrogens is 214 g/mol. The first kappa shape index (κ1) is 13.0. The first-order valence-corrected chi connectivity index (χ1v) is 5.41. The first-order valence-electron chi connectivity index (χ1n) is 5.41. The summed E-state index contributed by atoms with van der Waals surface area (Å²) in [7, 11) is 0. The molecule has 0 saturated carbocycles. The number of carboxylic acid groups (broad SMARTS) is 1. The Balaban J connectivity index is 3.28. The van der Waals surface area contributed by atoms with Crippen LogP contribution in [0, 0.1) is 6.92 Å². The zero-order valence-electron chi connectivity index (χ0n) is 10.0. The molecular formula is C14H17NO2. The fraction of sp³-hybridized carbons (Fsp3) is 0.214. The minimum absolute atomic E-state index is 0.314. The maximum Gasteiger partial charge on any atom is 0.337 e. The monoisotopic (exact) mass is 231 g/mol. The van der Waals surface area contributed by atoms with E-state index in [-0.39, 0.29) is 0 Å². The summed E-state index contributed by atoms with van der Waals surface area (Å²) >= 11 is 0. The van der Waals surface area contributed by atoms with Gasteiger partial charge < -0.3 is 10.0 Å². The van der Waals surface area contributed by atoms with Gasteiger partial charge in [-0.15, -0.1) is 13.2 Å². The van der Waals surface area contributed by atoms with Crippen molar-refractivity contribution < 1.29 is 9.90 Å². The number of carbonyl (C=O) groups is 1. The van der Waals surface area contributed by atoms with Crippen LogP contribution in [0.1, 0.15) is 15.9 Å². The van der Waals surface area contributed by atoms with Crippen LogP contribution in [0.3, 0.4) is 0 Å². The molecule has 1 N–H and O–H groups in total. The lowest BCUT2D eigenvalue weighted by Gasteiger charge is -2.25. The normalized spacial score (nSPS) is 9.71. The second-order valence-electron chi connectivity index (χ2n) is 3.76. The molecule has 0 unspecified atom stereocenters. The van der Waals surface area contributed by atoms with Gasteiger partial charge >= 0.3 is 5.97 Å². The number of rotatable bonds is 6. The third-order valence-corrected chi connectivity index (χ3v) is 2.48. The van der Waals surface area contributed by atoms with Gasteiger partial charge in [0.25, 0.3) is 0 Å². The summed E-state index contributed by atoms with van der Waals surface area (Å²) in [6, 6.07) is 5.27. The lowest BCUT2D eigenvalue weighted by Crippen LogP contribution is -2.26. The largest absolute Gasteiger partial charge is 0.478 e. The summed E-state index contributed by atoms with van der Waals surface area (Å²) in [6.45, 7) is 10.5. The van der Waals surface area contributed by atoms with Crippen molar-refractivity contribution in [2.75, 3.05) is 18.0 Å². The molecule has 0 aliphatic rings. The minimum atomic E-state index is -0.915. The average Bonchev–Trinajstić information content (AvgIpc) is 2.28. The van der Waals surface area contributed by atoms with E-state index >= 15 is 0 Å². The van der Waals surface area contributed by atoms with Gasteiger partial charge in [-0.25, -0.2) is 4.79 Å². The summed E-state index contributed by atoms with van der Waals surface area (Å²) in [5.41, 5.74) is 1.99. The molecule has 0 fully saturated rings. The molecule has 90 valence electrons. The second kappa shape index (κ2) is 5.89. The number of para-hydroxylation sites is 1. The summed E-state index contributed by atoms with van der Waals surface area (Å²) in [5, 5.41) is 9.20. The van der Waals surface area contributed by atoms with E-state index in [9.17, 15) is 9.90 Å². The number of aromatic carboxylic acids is 1. The molecule has 1 rings (SSSR count). The van der Waals surface area contributed by atoms with Crippen LogP contribution in [0.25, 0.3) is 0 Å². The van der Waals surface area contributed by atoms with Crippen LogP contribution in [0.5, 0.6) is 0 Å². The van der Waals surface area contributed by atoms with Crippen molar-refractivity contribution in [3.8, 4) is 0 Å². The summed E-state index contributed by atoms with van der Waals surface area (Å²) in [6.07, 6.45) is 3.50. The zero-order chi connectivity index (χ0) is 12.8. The highest BCUT2D eigenvalue weighted by Gasteiger charge is 2.16. The van der Waals surface area contributed by atoms with Crippen LogP contribution in [0.15, 0.2) is 43.5 Å². The molecule has 0 radical (unpaired) electrons. The molecule has 0 heterocycles. The van der Waals surface area contributed by atoms with Gasteiger partial charge in [-0.2, -0.15) is 0 Å². The Kier molecular flexibility index (Phi) is 4.52. The molecule has 0 aliphatic heterocycles. The number of hydrogen-bond acceptors (Lipinski definition) is 2. The Morgan fingerprint density at radius 1 is 1.35 bits per heavy atom. The SMILES string of the molecule is C=CCN(CC=C)c1c(C)cccc1C(=O)O. The molecule has 0 saturated heterocycles. The van der Waals surface area contributed by atoms with E-state index in [1.807, 2.05) is 17.9 Å². The Morgan fingerprint density at radius 3 is 2.41 bits per heavy atom. The van der Waals surface area contributed by atoms with E-state index in [4.69, 9.17) is 0 Å². The van der Waals surface area contributed by atoms with Crippen molar-refractivity contribution in [2.24, 2.45) is 0 Å². The van der Waals surface area contributed by atoms with Crippen LogP contribution >= 0.6 is 0 Å². The van der Waals surface area contributed by atoms with Gasteiger partial charge in [0.1, 0.15) is 0 Å². The van der Waals surface area contributed by atoms with Gasteiger partial charge in [-0.1, -0.05) is 24.3 Å². The number of hydrogen-bond donors (Lipinski definition) is 1. The average molecular weight is 231 g/mol. The topological polar surface area (TPSA) is 40.5 Å². The molecule has 0 atom stereocenters. The molecule has 0 aliphatic carbocycles. The van der Waals surface area contributed by atoms with Gasteiger partial charge in [-0.3, -0.25) is 0 Å². The van der Waals surface area contributed by atoms with Gasteiger partial charge in [0.05, 0.1) is 11.3 Å². The lowest BCUT2D eigenvalue weighted by atomic mass is 10.1. The van der Waals surface area contributed by atoms with Gasteiger partial charge in [-0.05, 0) is 18.6 Å². The molecule has 17 heavy (non-hydrogen) atoms. The summed E-state index contributed by atoms with van der Waals surface area (Å²) in [5.74, 6) is -0.915. The predicted molar refractivity (Wildman–Crippen MR) is 70.7 cm³/mol. The smallest absolute Gasteiger partial charge is 0.337 e. The Bertz CT molecular complexity index is 428. The Morgan fingerprint density at radius 2 is 1.94 bits per heavy atom. The number of benzene rings is 1. The van der Waals surface area contributed by atoms with Crippen molar-refractivity contribution in [3.63, 3.8) is 0 Å². The van der Waals surface area contributed by atoms with Crippen LogP contribution < -0.4 is 4.90 Å². The maximum absolute atomic E-state index is 11.2. The summed E-state index contributed by atoms with van der Waals surface area (Å²) in [4.78, 5) is 13.2. The van der Waals surface area contributed by atoms with Gasteiger partial charge in [0.15, 0.2) is 0 Å². The third kappa shape index (κ3) is 2.97. The highest BCUT2D eigenvalue weighted by atomic mass is 16.4. The van der Waals surface area contributed by atoms with Crippen LogP contribution in [-0.2, 0) is 0 Å². The number of carboxylic acids is 1. The van der Waals surface area contributed by atoms with E-state index in [0.29, 0.717) is 18.7 Å². The maximum atomic E-state index is 11.2. The molecule has 1 aromatic carbocycles. The lowest BCUT2D eigenvalue weighted by molar-refractivity contribution is 0.0697. The predicted octanol–water partition coefficient (Wildman–Crippen LogP) is 2.87. The molecule has 0 spiro atoms. The number of nitrogens with zero attached hydrogens (tertiary/aromatic N) is 1. The molecule has 3 heteroatoms. The fourth-order valence-electron chi connectivity index (χ4n) is 1.82. The third-order valence-electron chi connectivity index (χ3n) is 2.48. The van der Waals surface area contributed by atoms with Crippen molar-refractivity contribution in [1.82, 2.24) is 0 Å². The Hall–Kier alpha value is -2.03. The summed E-state index contributed by atoms with van der Waals surface area (Å²) < 4.78 is 0. The zero-order valence-corrected chi connectivity index (χ0v) is 10.0. The van der Waals surface area contributed by atoms with Crippen LogP contribution in [-0.4, -0.2) is 24.2 Å². The standard InChI is InChI=1S/C14H17NO2/c1-4-9-15(10-5-2)13-11(3)7-6-8-12(13)14(16)17/h4-8H,1-2,9-10H2,3H3,(H,16,17). The van der Waals surface area contributed by atoms with Gasteiger partial charge in [0.2, 0.25) is 0 Å². The quantitative estimate of drug-likeness (QED) is 0.765. The van der Waals surface area contributed by atoms with E-state index in [2.05, 4.69) is 13.2 Å². The van der Waals surface area contributed by atoms with E-state index in [1.54, 1.807) is 24.3 Å². The number of anilines is 1. The van der Waals surface area contributed by atoms with E-state index < -0.39 is 5.97 Å².